The molecule has 2 saturated heterocycles. The monoisotopic (exact) mass is 1220 g/mol. The van der Waals surface area contributed by atoms with Gasteiger partial charge in [0.25, 0.3) is 23.6 Å². The van der Waals surface area contributed by atoms with Crippen molar-refractivity contribution in [3.63, 3.8) is 0 Å². The maximum absolute atomic E-state index is 15.7. The van der Waals surface area contributed by atoms with Gasteiger partial charge in [-0.15, -0.1) is 0 Å². The number of alkyl halides is 3. The minimum absolute atomic E-state index is 0.110. The van der Waals surface area contributed by atoms with Crippen molar-refractivity contribution in [2.75, 3.05) is 19.6 Å². The average molecular weight is 1220 g/mol. The Morgan fingerprint density at radius 1 is 0.444 bits per heavy atom. The molecule has 10 atom stereocenters. The number of nitrogens with zero attached hydrogens (tertiary/aromatic N) is 4. The number of hydrogen-bond donors (Lipinski definition) is 0. The molecule has 462 valence electrons. The summed E-state index contributed by atoms with van der Waals surface area (Å²) in [5, 5.41) is 0. The summed E-state index contributed by atoms with van der Waals surface area (Å²) in [5.74, 6) is -0.270. The van der Waals surface area contributed by atoms with E-state index in [2.05, 4.69) is 27.7 Å². The van der Waals surface area contributed by atoms with Crippen LogP contribution < -0.4 is 29.1 Å². The fraction of sp³-hybridized carbons (Fsp3) is 0.397. The number of rotatable bonds is 16. The van der Waals surface area contributed by atoms with Crippen molar-refractivity contribution in [1.82, 2.24) is 0 Å². The lowest BCUT2D eigenvalue weighted by molar-refractivity contribution is -0.173. The van der Waals surface area contributed by atoms with E-state index in [1.165, 1.54) is 83.3 Å². The first kappa shape index (κ1) is 58.9. The van der Waals surface area contributed by atoms with Crippen LogP contribution in [0.2, 0.25) is 0 Å². The van der Waals surface area contributed by atoms with Crippen molar-refractivity contribution >= 4 is 70.0 Å². The van der Waals surface area contributed by atoms with Crippen molar-refractivity contribution in [2.24, 2.45) is 58.2 Å². The van der Waals surface area contributed by atoms with Crippen LogP contribution >= 0.6 is 0 Å². The minimum atomic E-state index is -5.02. The van der Waals surface area contributed by atoms with Crippen molar-refractivity contribution in [3.8, 4) is 23.0 Å². The largest absolute Gasteiger partial charge is 0.457 e. The summed E-state index contributed by atoms with van der Waals surface area (Å²) < 4.78 is 59.3. The number of anilines is 4. The molecule has 10 unspecified atom stereocenters. The Hall–Kier alpha value is -8.73. The molecule has 6 aromatic rings. The van der Waals surface area contributed by atoms with E-state index in [0.717, 1.165) is 92.4 Å². The molecule has 0 spiro atoms. The van der Waals surface area contributed by atoms with Gasteiger partial charge in [-0.05, 0) is 237 Å². The highest BCUT2D eigenvalue weighted by atomic mass is 19.4. The lowest BCUT2D eigenvalue weighted by Crippen LogP contribution is -2.45. The third-order valence-corrected chi connectivity index (χ3v) is 22.9. The van der Waals surface area contributed by atoms with Gasteiger partial charge in [0.2, 0.25) is 23.6 Å². The highest BCUT2D eigenvalue weighted by Gasteiger charge is 2.65. The molecular formula is C73H69F3N4O10. The second kappa shape index (κ2) is 21.5. The summed E-state index contributed by atoms with van der Waals surface area (Å²) in [7, 11) is 0. The van der Waals surface area contributed by atoms with E-state index in [9.17, 15) is 38.4 Å². The molecule has 0 N–H and O–H groups in total. The molecule has 0 radical (unpaired) electrons. The van der Waals surface area contributed by atoms with Gasteiger partial charge >= 0.3 is 6.18 Å². The quantitative estimate of drug-likeness (QED) is 0.0851. The maximum Gasteiger partial charge on any atom is 0.402 e. The summed E-state index contributed by atoms with van der Waals surface area (Å²) in [6, 6.07) is 32.1. The fourth-order valence-corrected chi connectivity index (χ4v) is 18.5. The Morgan fingerprint density at radius 3 is 1.07 bits per heavy atom. The first-order chi connectivity index (χ1) is 43.1. The molecule has 14 nitrogen and oxygen atoms in total. The smallest absolute Gasteiger partial charge is 0.402 e. The van der Waals surface area contributed by atoms with Gasteiger partial charge in [-0.25, -0.2) is 9.80 Å². The zero-order chi connectivity index (χ0) is 63.1. The SMILES string of the molecule is CCCC1(C2CC(=O)N(c3ccc(Oc4ccc(N5C(=O)c6ccc(C(C)(c7ccc8c(c7)C(=O)N(c7ccc(Oc9ccc(N%10C(=O)CC(C%11(CCC)C%12CCC(C%12)C%11C)C%10=O)cc9)cc7)C8=O)C(F)(F)F)cc6C5=O)cc4)cc3)C2=O)C2CCC(C2)C1C. The second-order valence-electron chi connectivity index (χ2n) is 26.7. The molecular weight excluding hydrogens is 1150 g/mol. The molecule has 0 aromatic heterocycles. The van der Waals surface area contributed by atoms with Crippen LogP contribution in [0.25, 0.3) is 0 Å². The molecule has 6 aromatic carbocycles. The van der Waals surface area contributed by atoms with Gasteiger partial charge in [0.1, 0.15) is 28.4 Å². The Balaban J connectivity index is 0.632. The first-order valence-electron chi connectivity index (χ1n) is 31.8. The first-order valence-corrected chi connectivity index (χ1v) is 31.8. The molecule has 4 saturated carbocycles. The molecule has 4 aliphatic carbocycles. The second-order valence-corrected chi connectivity index (χ2v) is 26.7. The number of halogens is 3. The predicted octanol–water partition coefficient (Wildman–Crippen LogP) is 15.2. The van der Waals surface area contributed by atoms with E-state index in [0.29, 0.717) is 69.9 Å². The highest BCUT2D eigenvalue weighted by molar-refractivity contribution is 6.35. The van der Waals surface area contributed by atoms with Crippen LogP contribution in [0, 0.1) is 58.2 Å². The van der Waals surface area contributed by atoms with Gasteiger partial charge in [0.05, 0.1) is 56.8 Å². The molecule has 90 heavy (non-hydrogen) atoms. The summed E-state index contributed by atoms with van der Waals surface area (Å²) in [6.07, 6.45) is 5.99. The Bertz CT molecular complexity index is 3760. The third-order valence-electron chi connectivity index (χ3n) is 22.9. The molecule has 6 fully saturated rings. The zero-order valence-electron chi connectivity index (χ0n) is 50.8. The lowest BCUT2D eigenvalue weighted by atomic mass is 9.57. The van der Waals surface area contributed by atoms with Crippen molar-refractivity contribution in [3.05, 3.63) is 167 Å². The Labute approximate surface area is 519 Å². The number of ether oxygens (including phenoxy) is 2. The van der Waals surface area contributed by atoms with Crippen LogP contribution in [0.3, 0.4) is 0 Å². The number of carbonyl (C=O) groups excluding carboxylic acids is 8. The molecule has 8 amide bonds. The minimum Gasteiger partial charge on any atom is -0.457 e. The normalized spacial score (nSPS) is 28.3. The van der Waals surface area contributed by atoms with Gasteiger partial charge in [-0.3, -0.25) is 48.2 Å². The Kier molecular flexibility index (Phi) is 14.1. The van der Waals surface area contributed by atoms with Crippen LogP contribution in [-0.4, -0.2) is 53.4 Å². The van der Waals surface area contributed by atoms with Crippen LogP contribution in [0.1, 0.15) is 164 Å². The number of amides is 8. The van der Waals surface area contributed by atoms with Gasteiger partial charge in [0, 0.05) is 12.8 Å². The Morgan fingerprint density at radius 2 is 0.767 bits per heavy atom. The van der Waals surface area contributed by atoms with Crippen LogP contribution in [-0.2, 0) is 24.6 Å². The number of imide groups is 4. The van der Waals surface area contributed by atoms with Gasteiger partial charge in [0.15, 0.2) is 0 Å². The average Bonchev–Trinajstić information content (AvgIpc) is 1.53. The predicted molar refractivity (Wildman–Crippen MR) is 329 cm³/mol. The van der Waals surface area contributed by atoms with Gasteiger partial charge in [-0.1, -0.05) is 52.7 Å². The molecule has 17 heteroatoms. The van der Waals surface area contributed by atoms with Crippen molar-refractivity contribution in [1.29, 1.82) is 0 Å². The number of carbonyl (C=O) groups is 8. The maximum atomic E-state index is 15.7. The van der Waals surface area contributed by atoms with Crippen LogP contribution in [0.15, 0.2) is 133 Å². The molecule has 8 aliphatic rings. The van der Waals surface area contributed by atoms with E-state index in [4.69, 9.17) is 9.47 Å². The lowest BCUT2D eigenvalue weighted by Gasteiger charge is -2.46. The summed E-state index contributed by atoms with van der Waals surface area (Å²) in [5.41, 5.74) is -3.48. The van der Waals surface area contributed by atoms with E-state index in [1.807, 2.05) is 0 Å². The summed E-state index contributed by atoms with van der Waals surface area (Å²) in [6.45, 7) is 9.76. The topological polar surface area (TPSA) is 168 Å². The van der Waals surface area contributed by atoms with Crippen molar-refractivity contribution in [2.45, 2.75) is 123 Å². The van der Waals surface area contributed by atoms with Gasteiger partial charge < -0.3 is 9.47 Å². The molecule has 14 rings (SSSR count). The van der Waals surface area contributed by atoms with Crippen LogP contribution in [0.5, 0.6) is 23.0 Å². The highest BCUT2D eigenvalue weighted by Crippen LogP contribution is 2.68. The third kappa shape index (κ3) is 8.70. The van der Waals surface area contributed by atoms with E-state index in [-0.39, 0.29) is 104 Å². The van der Waals surface area contributed by atoms with E-state index >= 15 is 13.2 Å². The van der Waals surface area contributed by atoms with Gasteiger partial charge in [-0.2, -0.15) is 13.2 Å². The number of benzene rings is 6. The molecule has 4 heterocycles. The number of fused-ring (bicyclic) bond motifs is 6. The molecule has 4 aliphatic heterocycles. The zero-order valence-corrected chi connectivity index (χ0v) is 50.8. The standard InChI is InChI=1S/C73H69F3N4O10/c1-6-32-71(40(3)42-8-10-46(71)34-42)60-38-62(81)77(68(60)87)48-14-22-52(23-15-48)89-54-26-18-50(19-27-54)79-64(83)56-30-12-44(36-58(56)66(79)85)70(5,73(74,75)76)45-13-31-57-59(37-45)67(86)80(65(57)84)51-20-28-55(29-21-51)90-53-24-16-49(17-25-53)78-63(82)39-61(69(78)88)72(33-7-2)41(4)43-9-11-47(72)35-43/h12-31,36-37,40-43,46-47,60-61H,6-11,32-35,38-39H2,1-5H3. The number of hydrogen-bond acceptors (Lipinski definition) is 10. The van der Waals surface area contributed by atoms with Crippen LogP contribution in [0.4, 0.5) is 35.9 Å². The van der Waals surface area contributed by atoms with E-state index in [1.54, 1.807) is 48.5 Å². The molecule has 4 bridgehead atoms. The summed E-state index contributed by atoms with van der Waals surface area (Å²) in [4.78, 5) is 116. The van der Waals surface area contributed by atoms with E-state index < -0.39 is 35.2 Å². The fourth-order valence-electron chi connectivity index (χ4n) is 18.5. The summed E-state index contributed by atoms with van der Waals surface area (Å²) >= 11 is 0. The van der Waals surface area contributed by atoms with Crippen molar-refractivity contribution < 1.29 is 61.0 Å².